The summed E-state index contributed by atoms with van der Waals surface area (Å²) in [5.41, 5.74) is 3.54. The number of aliphatic imine (C=N–C) groups is 1. The smallest absolute Gasteiger partial charge is 0.338 e. The largest absolute Gasteiger partial charge is 0.462 e. The van der Waals surface area contributed by atoms with Crippen molar-refractivity contribution in [1.29, 1.82) is 0 Å². The summed E-state index contributed by atoms with van der Waals surface area (Å²) in [7, 11) is 0. The highest BCUT2D eigenvalue weighted by Gasteiger charge is 2.39. The van der Waals surface area contributed by atoms with E-state index in [2.05, 4.69) is 10.3 Å². The lowest BCUT2D eigenvalue weighted by Gasteiger charge is -2.16. The van der Waals surface area contributed by atoms with E-state index in [1.54, 1.807) is 54.3 Å². The summed E-state index contributed by atoms with van der Waals surface area (Å²) in [6.45, 7) is 4.29. The molecule has 1 fully saturated rings. The van der Waals surface area contributed by atoms with E-state index in [-0.39, 0.29) is 30.7 Å². The van der Waals surface area contributed by atoms with E-state index in [1.807, 2.05) is 25.1 Å². The second-order valence-electron chi connectivity index (χ2n) is 8.76. The van der Waals surface area contributed by atoms with E-state index in [0.717, 1.165) is 11.1 Å². The molecule has 0 aliphatic carbocycles. The molecule has 0 spiro atoms. The van der Waals surface area contributed by atoms with Crippen LogP contribution in [0, 0.1) is 12.7 Å². The predicted molar refractivity (Wildman–Crippen MR) is 147 cm³/mol. The van der Waals surface area contributed by atoms with Crippen LogP contribution in [0.5, 0.6) is 0 Å². The lowest BCUT2D eigenvalue weighted by Crippen LogP contribution is -2.35. The molecule has 0 saturated carbocycles. The topological polar surface area (TPSA) is 88.1 Å². The average molecular weight is 534 g/mol. The van der Waals surface area contributed by atoms with Crippen LogP contribution in [0.15, 0.2) is 77.8 Å². The van der Waals surface area contributed by atoms with E-state index in [1.165, 1.54) is 23.9 Å². The van der Waals surface area contributed by atoms with Gasteiger partial charge < -0.3 is 10.1 Å². The fourth-order valence-corrected chi connectivity index (χ4v) is 5.11. The van der Waals surface area contributed by atoms with Crippen LogP contribution < -0.4 is 5.32 Å². The second-order valence-corrected chi connectivity index (χ2v) is 9.93. The highest BCUT2D eigenvalue weighted by atomic mass is 32.2. The quantitative estimate of drug-likeness (QED) is 0.366. The predicted octanol–water partition coefficient (Wildman–Crippen LogP) is 5.51. The number of thioether (sulfide) groups is 1. The number of nitrogens with one attached hydrogen (secondary N) is 1. The Morgan fingerprint density at radius 2 is 1.82 bits per heavy atom. The molecule has 0 aromatic heterocycles. The van der Waals surface area contributed by atoms with Crippen LogP contribution in [0.2, 0.25) is 0 Å². The van der Waals surface area contributed by atoms with Crippen LogP contribution >= 0.6 is 11.8 Å². The number of hydrogen-bond acceptors (Lipinski definition) is 6. The molecule has 4 rings (SSSR count). The third kappa shape index (κ3) is 7.07. The number of anilines is 1. The third-order valence-electron chi connectivity index (χ3n) is 5.83. The van der Waals surface area contributed by atoms with Gasteiger partial charge in [0.15, 0.2) is 5.17 Å². The van der Waals surface area contributed by atoms with Gasteiger partial charge in [0.2, 0.25) is 11.8 Å². The minimum absolute atomic E-state index is 0.00862. The molecule has 0 radical (unpaired) electrons. The van der Waals surface area contributed by atoms with Crippen molar-refractivity contribution in [2.24, 2.45) is 4.99 Å². The van der Waals surface area contributed by atoms with Gasteiger partial charge in [0, 0.05) is 18.7 Å². The van der Waals surface area contributed by atoms with Gasteiger partial charge in [-0.2, -0.15) is 0 Å². The summed E-state index contributed by atoms with van der Waals surface area (Å²) in [6.07, 6.45) is 0.487. The molecule has 1 saturated heterocycles. The zero-order valence-electron chi connectivity index (χ0n) is 21.1. The molecular weight excluding hydrogens is 505 g/mol. The first kappa shape index (κ1) is 27.1. The Hall–Kier alpha value is -3.98. The first-order valence-electron chi connectivity index (χ1n) is 12.3. The molecule has 7 nitrogen and oxygen atoms in total. The Bertz CT molecular complexity index is 1340. The van der Waals surface area contributed by atoms with Gasteiger partial charge in [0.05, 0.1) is 17.9 Å². The van der Waals surface area contributed by atoms with E-state index in [9.17, 15) is 18.8 Å². The minimum atomic E-state index is -0.634. The molecule has 196 valence electrons. The number of benzene rings is 3. The Morgan fingerprint density at radius 3 is 2.50 bits per heavy atom. The van der Waals surface area contributed by atoms with Crippen LogP contribution in [0.1, 0.15) is 34.8 Å². The fraction of sp³-hybridized carbons (Fsp3) is 0.241. The number of carbonyl (C=O) groups is 3. The van der Waals surface area contributed by atoms with Crippen molar-refractivity contribution in [2.75, 3.05) is 18.5 Å². The van der Waals surface area contributed by atoms with Gasteiger partial charge in [-0.05, 0) is 79.9 Å². The number of nitrogens with zero attached hydrogens (tertiary/aromatic N) is 2. The molecule has 1 atom stereocenters. The van der Waals surface area contributed by atoms with Gasteiger partial charge in [-0.1, -0.05) is 36.0 Å². The lowest BCUT2D eigenvalue weighted by atomic mass is 10.1. The first-order valence-corrected chi connectivity index (χ1v) is 13.1. The Balaban J connectivity index is 1.51. The molecule has 1 heterocycles. The van der Waals surface area contributed by atoms with Crippen LogP contribution in [-0.2, 0) is 20.7 Å². The second kappa shape index (κ2) is 12.5. The third-order valence-corrected chi connectivity index (χ3v) is 7.01. The van der Waals surface area contributed by atoms with Crippen LogP contribution in [-0.4, -0.2) is 46.3 Å². The van der Waals surface area contributed by atoms with Gasteiger partial charge in [-0.25, -0.2) is 14.2 Å². The molecule has 1 aliphatic heterocycles. The number of esters is 1. The monoisotopic (exact) mass is 533 g/mol. The summed E-state index contributed by atoms with van der Waals surface area (Å²) in [6, 6.07) is 20.2. The highest BCUT2D eigenvalue weighted by Crippen LogP contribution is 2.32. The summed E-state index contributed by atoms with van der Waals surface area (Å²) in [4.78, 5) is 44.3. The molecule has 3 aromatic rings. The number of rotatable bonds is 9. The molecular formula is C29H28FN3O4S. The van der Waals surface area contributed by atoms with Crippen molar-refractivity contribution in [3.05, 3.63) is 95.3 Å². The molecule has 1 N–H and O–H groups in total. The molecule has 9 heteroatoms. The van der Waals surface area contributed by atoms with Gasteiger partial charge in [0.25, 0.3) is 0 Å². The summed E-state index contributed by atoms with van der Waals surface area (Å²) >= 11 is 1.23. The lowest BCUT2D eigenvalue weighted by molar-refractivity contribution is -0.128. The standard InChI is InChI=1S/C29H28FN3O4S/c1-3-37-28(36)21-9-13-23(14-10-21)32-29-33(16-15-20-7-11-22(30)12-8-20)27(35)25(38-29)18-26(34)31-24-6-4-5-19(2)17-24/h4-14,17,25H,3,15-16,18H2,1-2H3,(H,31,34)/t25-/m1/s1. The van der Waals surface area contributed by atoms with Crippen molar-refractivity contribution in [2.45, 2.75) is 31.9 Å². The minimum Gasteiger partial charge on any atom is -0.462 e. The highest BCUT2D eigenvalue weighted by molar-refractivity contribution is 8.15. The zero-order chi connectivity index (χ0) is 27.1. The number of ether oxygens (including phenoxy) is 1. The summed E-state index contributed by atoms with van der Waals surface area (Å²) in [5, 5.41) is 2.69. The zero-order valence-corrected chi connectivity index (χ0v) is 22.0. The van der Waals surface area contributed by atoms with Crippen LogP contribution in [0.25, 0.3) is 0 Å². The number of amides is 2. The van der Waals surface area contributed by atoms with E-state index in [4.69, 9.17) is 4.74 Å². The molecule has 38 heavy (non-hydrogen) atoms. The summed E-state index contributed by atoms with van der Waals surface area (Å²) in [5.74, 6) is -1.22. The number of carbonyl (C=O) groups excluding carboxylic acids is 3. The van der Waals surface area contributed by atoms with Crippen molar-refractivity contribution >= 4 is 46.1 Å². The Labute approximate surface area is 225 Å². The van der Waals surface area contributed by atoms with Gasteiger partial charge >= 0.3 is 5.97 Å². The Kier molecular flexibility index (Phi) is 8.91. The molecule has 0 unspecified atom stereocenters. The van der Waals surface area contributed by atoms with Crippen molar-refractivity contribution in [1.82, 2.24) is 4.90 Å². The van der Waals surface area contributed by atoms with E-state index in [0.29, 0.717) is 35.1 Å². The van der Waals surface area contributed by atoms with Gasteiger partial charge in [0.1, 0.15) is 11.1 Å². The van der Waals surface area contributed by atoms with Crippen molar-refractivity contribution < 1.29 is 23.5 Å². The van der Waals surface area contributed by atoms with E-state index >= 15 is 0 Å². The Morgan fingerprint density at radius 1 is 1.08 bits per heavy atom. The van der Waals surface area contributed by atoms with Crippen LogP contribution in [0.3, 0.4) is 0 Å². The molecule has 3 aromatic carbocycles. The van der Waals surface area contributed by atoms with E-state index < -0.39 is 11.2 Å². The van der Waals surface area contributed by atoms with Crippen molar-refractivity contribution in [3.8, 4) is 0 Å². The van der Waals surface area contributed by atoms with Crippen LogP contribution in [0.4, 0.5) is 15.8 Å². The number of amidine groups is 1. The normalized spacial score (nSPS) is 16.1. The SMILES string of the molecule is CCOC(=O)c1ccc(N=C2S[C@H](CC(=O)Nc3cccc(C)c3)C(=O)N2CCc2ccc(F)cc2)cc1. The fourth-order valence-electron chi connectivity index (χ4n) is 3.92. The number of halogens is 1. The number of aryl methyl sites for hydroxylation is 1. The maximum atomic E-state index is 13.4. The molecule has 2 amide bonds. The maximum absolute atomic E-state index is 13.4. The molecule has 0 bridgehead atoms. The summed E-state index contributed by atoms with van der Waals surface area (Å²) < 4.78 is 18.3. The van der Waals surface area contributed by atoms with Gasteiger partial charge in [-0.3, -0.25) is 14.5 Å². The average Bonchev–Trinajstić information content (AvgIpc) is 3.17. The van der Waals surface area contributed by atoms with Crippen molar-refractivity contribution in [3.63, 3.8) is 0 Å². The maximum Gasteiger partial charge on any atom is 0.338 e. The molecule has 1 aliphatic rings. The van der Waals surface area contributed by atoms with Gasteiger partial charge in [-0.15, -0.1) is 0 Å². The first-order chi connectivity index (χ1) is 18.3. The number of hydrogen-bond donors (Lipinski definition) is 1.